The number of carboxylic acids is 2. The van der Waals surface area contributed by atoms with E-state index in [0.717, 1.165) is 28.1 Å². The molecule has 0 unspecified atom stereocenters. The molecule has 0 spiro atoms. The Morgan fingerprint density at radius 1 is 0.971 bits per heavy atom. The van der Waals surface area contributed by atoms with Crippen molar-refractivity contribution in [3.05, 3.63) is 95.1 Å². The summed E-state index contributed by atoms with van der Waals surface area (Å²) in [5, 5.41) is 17.3. The average molecular weight is 461 g/mol. The number of carbonyl (C=O) groups is 2. The number of anilines is 1. The summed E-state index contributed by atoms with van der Waals surface area (Å²) in [6.07, 6.45) is 3.44. The van der Waals surface area contributed by atoms with Gasteiger partial charge in [-0.2, -0.15) is 0 Å². The van der Waals surface area contributed by atoms with Gasteiger partial charge in [-0.3, -0.25) is 9.79 Å². The first kappa shape index (κ1) is 25.9. The Labute approximate surface area is 198 Å². The van der Waals surface area contributed by atoms with Crippen LogP contribution in [0.15, 0.2) is 83.4 Å². The molecule has 0 fully saturated rings. The molecule has 0 heterocycles. The molecule has 0 radical (unpaired) electrons. The van der Waals surface area contributed by atoms with Crippen LogP contribution in [0.25, 0.3) is 6.08 Å². The summed E-state index contributed by atoms with van der Waals surface area (Å²) >= 11 is 0. The first-order chi connectivity index (χ1) is 16.3. The van der Waals surface area contributed by atoms with E-state index in [4.69, 9.17) is 20.7 Å². The zero-order valence-electron chi connectivity index (χ0n) is 19.1. The fourth-order valence-corrected chi connectivity index (χ4v) is 2.80. The van der Waals surface area contributed by atoms with Crippen LogP contribution in [0.5, 0.6) is 5.75 Å². The first-order valence-corrected chi connectivity index (χ1v) is 10.6. The monoisotopic (exact) mass is 460 g/mol. The van der Waals surface area contributed by atoms with E-state index in [-0.39, 0.29) is 6.42 Å². The van der Waals surface area contributed by atoms with Crippen molar-refractivity contribution >= 4 is 35.6 Å². The van der Waals surface area contributed by atoms with Gasteiger partial charge in [0.1, 0.15) is 5.75 Å². The summed E-state index contributed by atoms with van der Waals surface area (Å²) in [5.41, 5.74) is 9.67. The number of nitrogens with two attached hydrogens (primary N) is 1. The Bertz CT molecular complexity index is 1150. The third-order valence-corrected chi connectivity index (χ3v) is 4.52. The van der Waals surface area contributed by atoms with E-state index < -0.39 is 11.9 Å². The van der Waals surface area contributed by atoms with Crippen LogP contribution in [0.1, 0.15) is 30.5 Å². The molecular weight excluding hydrogens is 432 g/mol. The van der Waals surface area contributed by atoms with Crippen LogP contribution in [-0.4, -0.2) is 35.0 Å². The summed E-state index contributed by atoms with van der Waals surface area (Å²) in [5.74, 6) is -0.940. The number of para-hydroxylation sites is 1. The third kappa shape index (κ3) is 9.00. The number of nitrogens with zero attached hydrogens (tertiary/aromatic N) is 1. The Hall–Kier alpha value is -4.39. The largest absolute Gasteiger partial charge is 0.493 e. The maximum absolute atomic E-state index is 10.8. The van der Waals surface area contributed by atoms with Crippen molar-refractivity contribution < 1.29 is 24.5 Å². The molecule has 0 bridgehead atoms. The zero-order valence-corrected chi connectivity index (χ0v) is 19.1. The highest BCUT2D eigenvalue weighted by atomic mass is 16.5. The Morgan fingerprint density at radius 2 is 1.62 bits per heavy atom. The highest BCUT2D eigenvalue weighted by Gasteiger charge is 2.01. The summed E-state index contributed by atoms with van der Waals surface area (Å²) in [6.45, 7) is 4.12. The predicted octanol–water partition coefficient (Wildman–Crippen LogP) is 5.22. The van der Waals surface area contributed by atoms with E-state index in [1.807, 2.05) is 55.5 Å². The van der Waals surface area contributed by atoms with Gasteiger partial charge in [-0.05, 0) is 67.4 Å². The van der Waals surface area contributed by atoms with E-state index in [0.29, 0.717) is 17.9 Å². The Kier molecular flexibility index (Phi) is 10.1. The average Bonchev–Trinajstić information content (AvgIpc) is 2.81. The number of rotatable bonds is 8. The molecule has 7 heteroatoms. The zero-order chi connectivity index (χ0) is 24.9. The van der Waals surface area contributed by atoms with E-state index >= 15 is 0 Å². The van der Waals surface area contributed by atoms with Gasteiger partial charge < -0.3 is 20.7 Å². The molecule has 0 amide bonds. The third-order valence-electron chi connectivity index (χ3n) is 4.52. The molecule has 3 aromatic rings. The molecule has 3 aromatic carbocycles. The highest BCUT2D eigenvalue weighted by molar-refractivity contribution is 5.91. The number of benzene rings is 3. The molecule has 0 aromatic heterocycles. The summed E-state index contributed by atoms with van der Waals surface area (Å²) < 4.78 is 5.56. The molecule has 176 valence electrons. The van der Waals surface area contributed by atoms with Crippen LogP contribution in [-0.2, 0) is 16.0 Å². The van der Waals surface area contributed by atoms with Crippen molar-refractivity contribution in [1.82, 2.24) is 0 Å². The van der Waals surface area contributed by atoms with E-state index in [1.54, 1.807) is 43.5 Å². The molecular formula is C27H28N2O5. The molecule has 0 saturated carbocycles. The van der Waals surface area contributed by atoms with Gasteiger partial charge in [-0.1, -0.05) is 36.4 Å². The number of nitrogen functional groups attached to an aromatic ring is 1. The summed E-state index contributed by atoms with van der Waals surface area (Å²) in [4.78, 5) is 25.5. The van der Waals surface area contributed by atoms with Crippen LogP contribution in [0.3, 0.4) is 0 Å². The van der Waals surface area contributed by atoms with Crippen molar-refractivity contribution in [3.63, 3.8) is 0 Å². The lowest BCUT2D eigenvalue weighted by atomic mass is 10.1. The number of hydrogen-bond donors (Lipinski definition) is 3. The fraction of sp³-hybridized carbons (Fsp3) is 0.148. The lowest BCUT2D eigenvalue weighted by molar-refractivity contribution is -0.136. The Morgan fingerprint density at radius 3 is 2.21 bits per heavy atom. The number of aliphatic imine (C=N–C) groups is 1. The molecule has 4 N–H and O–H groups in total. The molecule has 0 aliphatic heterocycles. The van der Waals surface area contributed by atoms with Gasteiger partial charge in [-0.15, -0.1) is 0 Å². The number of hydrogen-bond acceptors (Lipinski definition) is 5. The van der Waals surface area contributed by atoms with Crippen molar-refractivity contribution in [3.8, 4) is 5.75 Å². The smallest absolute Gasteiger partial charge is 0.331 e. The number of ether oxygens (including phenoxy) is 1. The second kappa shape index (κ2) is 13.2. The molecule has 0 aliphatic carbocycles. The minimum atomic E-state index is -0.917. The van der Waals surface area contributed by atoms with Gasteiger partial charge in [0.15, 0.2) is 0 Å². The van der Waals surface area contributed by atoms with Crippen LogP contribution >= 0.6 is 0 Å². The SMILES string of the molecule is CCOc1ccccc1C=Nc1ccc(/C=C(\C)C(=O)O)cc1.Nc1ccc(CC(=O)O)cc1. The molecule has 0 aliphatic rings. The summed E-state index contributed by atoms with van der Waals surface area (Å²) in [6, 6.07) is 21.9. The van der Waals surface area contributed by atoms with E-state index in [1.165, 1.54) is 0 Å². The van der Waals surface area contributed by atoms with E-state index in [9.17, 15) is 9.59 Å². The van der Waals surface area contributed by atoms with Gasteiger partial charge in [0.05, 0.1) is 18.7 Å². The van der Waals surface area contributed by atoms with Gasteiger partial charge in [0.25, 0.3) is 0 Å². The maximum atomic E-state index is 10.8. The number of aliphatic carboxylic acids is 2. The van der Waals surface area contributed by atoms with Crippen LogP contribution in [0.4, 0.5) is 11.4 Å². The second-order valence-corrected chi connectivity index (χ2v) is 7.27. The standard InChI is InChI=1S/C19H19NO3.C8H9NO2/c1-3-23-18-7-5-4-6-16(18)13-20-17-10-8-15(9-11-17)12-14(2)19(21)22;9-7-3-1-6(2-4-7)5-8(10)11/h4-13H,3H2,1-2H3,(H,21,22);1-4H,5,9H2,(H,10,11)/b14-12+,20-13?;. The normalized spacial score (nSPS) is 10.9. The predicted molar refractivity (Wildman–Crippen MR) is 135 cm³/mol. The molecule has 3 rings (SSSR count). The first-order valence-electron chi connectivity index (χ1n) is 10.6. The fourth-order valence-electron chi connectivity index (χ4n) is 2.80. The molecule has 0 atom stereocenters. The lowest BCUT2D eigenvalue weighted by Gasteiger charge is -2.05. The van der Waals surface area contributed by atoms with Gasteiger partial charge >= 0.3 is 11.9 Å². The van der Waals surface area contributed by atoms with Crippen molar-refractivity contribution in [1.29, 1.82) is 0 Å². The van der Waals surface area contributed by atoms with Crippen LogP contribution in [0.2, 0.25) is 0 Å². The van der Waals surface area contributed by atoms with E-state index in [2.05, 4.69) is 4.99 Å². The van der Waals surface area contributed by atoms with Crippen molar-refractivity contribution in [2.45, 2.75) is 20.3 Å². The van der Waals surface area contributed by atoms with Crippen LogP contribution in [0, 0.1) is 0 Å². The number of carboxylic acid groups (broad SMARTS) is 2. The van der Waals surface area contributed by atoms with Gasteiger partial charge in [0, 0.05) is 23.0 Å². The lowest BCUT2D eigenvalue weighted by Crippen LogP contribution is -1.99. The van der Waals surface area contributed by atoms with Crippen molar-refractivity contribution in [2.75, 3.05) is 12.3 Å². The molecule has 7 nitrogen and oxygen atoms in total. The molecule has 0 saturated heterocycles. The minimum Gasteiger partial charge on any atom is -0.493 e. The van der Waals surface area contributed by atoms with Gasteiger partial charge in [0.2, 0.25) is 0 Å². The molecule has 34 heavy (non-hydrogen) atoms. The highest BCUT2D eigenvalue weighted by Crippen LogP contribution is 2.19. The topological polar surface area (TPSA) is 122 Å². The van der Waals surface area contributed by atoms with Crippen LogP contribution < -0.4 is 10.5 Å². The van der Waals surface area contributed by atoms with Crippen molar-refractivity contribution in [2.24, 2.45) is 4.99 Å². The summed E-state index contributed by atoms with van der Waals surface area (Å²) in [7, 11) is 0. The quantitative estimate of drug-likeness (QED) is 0.241. The van der Waals surface area contributed by atoms with Gasteiger partial charge in [-0.25, -0.2) is 4.79 Å². The maximum Gasteiger partial charge on any atom is 0.331 e. The Balaban J connectivity index is 0.000000310. The second-order valence-electron chi connectivity index (χ2n) is 7.27. The minimum absolute atomic E-state index is 0.0558.